The third-order valence-corrected chi connectivity index (χ3v) is 7.04. The van der Waals surface area contributed by atoms with Crippen molar-refractivity contribution in [3.8, 4) is 0 Å². The maximum Gasteiger partial charge on any atom is 0.255 e. The summed E-state index contributed by atoms with van der Waals surface area (Å²) in [5, 5.41) is 5.95. The van der Waals surface area contributed by atoms with E-state index in [9.17, 15) is 14.4 Å². The molecule has 3 fully saturated rings. The molecule has 0 spiro atoms. The Morgan fingerprint density at radius 2 is 1.90 bits per heavy atom. The molecular weight excluding hydrogens is 368 g/mol. The second kappa shape index (κ2) is 7.54. The second-order valence-electron chi connectivity index (χ2n) is 8.75. The van der Waals surface area contributed by atoms with Gasteiger partial charge in [0.1, 0.15) is 6.04 Å². The number of carbonyl (C=O) groups is 3. The highest BCUT2D eigenvalue weighted by molar-refractivity contribution is 6.05. The van der Waals surface area contributed by atoms with Gasteiger partial charge in [-0.05, 0) is 43.4 Å². The number of amides is 3. The van der Waals surface area contributed by atoms with Gasteiger partial charge in [-0.25, -0.2) is 0 Å². The molecule has 4 heterocycles. The van der Waals surface area contributed by atoms with Crippen LogP contribution in [0.15, 0.2) is 18.2 Å². The molecule has 7 nitrogen and oxygen atoms in total. The lowest BCUT2D eigenvalue weighted by Gasteiger charge is -2.40. The van der Waals surface area contributed by atoms with Crippen molar-refractivity contribution in [1.82, 2.24) is 20.4 Å². The van der Waals surface area contributed by atoms with Crippen molar-refractivity contribution in [3.05, 3.63) is 34.9 Å². The fraction of sp³-hybridized carbons (Fsp3) is 0.591. The molecule has 3 atom stereocenters. The summed E-state index contributed by atoms with van der Waals surface area (Å²) in [5.41, 5.74) is 2.84. The van der Waals surface area contributed by atoms with Crippen LogP contribution in [0.25, 0.3) is 0 Å². The van der Waals surface area contributed by atoms with Crippen LogP contribution in [0.1, 0.15) is 60.0 Å². The smallest absolute Gasteiger partial charge is 0.255 e. The normalized spacial score (nSPS) is 30.1. The Morgan fingerprint density at radius 3 is 2.76 bits per heavy atom. The molecule has 7 heteroatoms. The summed E-state index contributed by atoms with van der Waals surface area (Å²) in [7, 11) is 0. The number of carbonyl (C=O) groups excluding carboxylic acids is 3. The Kier molecular flexibility index (Phi) is 4.87. The average Bonchev–Trinajstić information content (AvgIpc) is 3.00. The van der Waals surface area contributed by atoms with E-state index in [2.05, 4.69) is 21.6 Å². The molecule has 1 aromatic carbocycles. The van der Waals surface area contributed by atoms with Crippen LogP contribution in [0.4, 0.5) is 0 Å². The zero-order chi connectivity index (χ0) is 20.0. The molecule has 0 aromatic heterocycles. The van der Waals surface area contributed by atoms with Crippen LogP contribution in [0.3, 0.4) is 0 Å². The van der Waals surface area contributed by atoms with Crippen LogP contribution in [0.5, 0.6) is 0 Å². The number of benzene rings is 1. The van der Waals surface area contributed by atoms with Crippen molar-refractivity contribution in [2.24, 2.45) is 0 Å². The molecule has 2 N–H and O–H groups in total. The molecular formula is C22H28N4O3. The fourth-order valence-electron chi connectivity index (χ4n) is 5.56. The van der Waals surface area contributed by atoms with Gasteiger partial charge in [0.2, 0.25) is 11.8 Å². The number of nitrogens with one attached hydrogen (secondary N) is 2. The topological polar surface area (TPSA) is 81.8 Å². The van der Waals surface area contributed by atoms with E-state index in [1.165, 1.54) is 19.3 Å². The first-order chi connectivity index (χ1) is 14.1. The molecule has 3 saturated heterocycles. The van der Waals surface area contributed by atoms with Gasteiger partial charge >= 0.3 is 0 Å². The number of rotatable bonds is 3. The van der Waals surface area contributed by atoms with Gasteiger partial charge in [-0.1, -0.05) is 24.6 Å². The summed E-state index contributed by atoms with van der Waals surface area (Å²) in [5.74, 6) is -0.669. The summed E-state index contributed by atoms with van der Waals surface area (Å²) < 4.78 is 0. The lowest BCUT2D eigenvalue weighted by molar-refractivity contribution is -0.136. The first-order valence-electron chi connectivity index (χ1n) is 10.8. The Morgan fingerprint density at radius 1 is 1.03 bits per heavy atom. The minimum Gasteiger partial charge on any atom is -0.322 e. The van der Waals surface area contributed by atoms with Crippen LogP contribution < -0.4 is 10.6 Å². The Bertz CT molecular complexity index is 840. The Hall–Kier alpha value is -2.25. The van der Waals surface area contributed by atoms with Gasteiger partial charge in [0.05, 0.1) is 0 Å². The highest BCUT2D eigenvalue weighted by Crippen LogP contribution is 2.33. The minimum atomic E-state index is -0.554. The van der Waals surface area contributed by atoms with Crippen molar-refractivity contribution in [1.29, 1.82) is 0 Å². The minimum absolute atomic E-state index is 0.0665. The zero-order valence-corrected chi connectivity index (χ0v) is 16.7. The second-order valence-corrected chi connectivity index (χ2v) is 8.75. The number of hydrogen-bond donors (Lipinski definition) is 2. The number of hydrogen-bond acceptors (Lipinski definition) is 5. The van der Waals surface area contributed by atoms with Gasteiger partial charge in [0.15, 0.2) is 0 Å². The van der Waals surface area contributed by atoms with Crippen molar-refractivity contribution in [3.63, 3.8) is 0 Å². The van der Waals surface area contributed by atoms with Crippen LogP contribution in [-0.4, -0.2) is 58.7 Å². The summed E-state index contributed by atoms with van der Waals surface area (Å²) in [6.07, 6.45) is 5.55. The van der Waals surface area contributed by atoms with E-state index in [0.717, 1.165) is 42.7 Å². The summed E-state index contributed by atoms with van der Waals surface area (Å²) in [6, 6.07) is 6.63. The predicted molar refractivity (Wildman–Crippen MR) is 107 cm³/mol. The summed E-state index contributed by atoms with van der Waals surface area (Å²) >= 11 is 0. The zero-order valence-electron chi connectivity index (χ0n) is 16.7. The standard InChI is InChI=1S/C22H28N4O3/c27-19-8-7-18(21(28)24-19)26-13-15-4-1-3-14(20(15)22(26)29)12-25-16-5-2-6-17(25)11-23-10-9-16/h1,3-4,16-18,23H,2,5-13H2,(H,24,27,28). The molecule has 5 rings (SSSR count). The maximum absolute atomic E-state index is 13.3. The molecule has 154 valence electrons. The van der Waals surface area contributed by atoms with Crippen molar-refractivity contribution in [2.75, 3.05) is 13.1 Å². The predicted octanol–water partition coefficient (Wildman–Crippen LogP) is 1.16. The number of piperidine rings is 2. The summed E-state index contributed by atoms with van der Waals surface area (Å²) in [6.45, 7) is 3.31. The van der Waals surface area contributed by atoms with Crippen LogP contribution in [0.2, 0.25) is 0 Å². The van der Waals surface area contributed by atoms with Crippen molar-refractivity contribution in [2.45, 2.75) is 69.7 Å². The Labute approximate surface area is 170 Å². The molecule has 4 aliphatic rings. The first-order valence-corrected chi connectivity index (χ1v) is 10.8. The van der Waals surface area contributed by atoms with E-state index in [0.29, 0.717) is 25.0 Å². The molecule has 1 aromatic rings. The molecule has 0 aliphatic carbocycles. The van der Waals surface area contributed by atoms with Crippen LogP contribution >= 0.6 is 0 Å². The number of fused-ring (bicyclic) bond motifs is 3. The highest BCUT2D eigenvalue weighted by Gasteiger charge is 2.41. The third-order valence-electron chi connectivity index (χ3n) is 7.04. The van der Waals surface area contributed by atoms with E-state index in [4.69, 9.17) is 0 Å². The van der Waals surface area contributed by atoms with Crippen molar-refractivity contribution >= 4 is 17.7 Å². The van der Waals surface area contributed by atoms with Gasteiger partial charge in [0, 0.05) is 43.7 Å². The number of imide groups is 1. The fourth-order valence-corrected chi connectivity index (χ4v) is 5.56. The third kappa shape index (κ3) is 3.36. The van der Waals surface area contributed by atoms with Gasteiger partial charge < -0.3 is 10.2 Å². The van der Waals surface area contributed by atoms with Crippen LogP contribution in [-0.2, 0) is 22.7 Å². The molecule has 0 radical (unpaired) electrons. The van der Waals surface area contributed by atoms with Crippen LogP contribution in [0, 0.1) is 0 Å². The average molecular weight is 396 g/mol. The van der Waals surface area contributed by atoms with Gasteiger partial charge in [-0.2, -0.15) is 0 Å². The lowest BCUT2D eigenvalue weighted by Crippen LogP contribution is -2.52. The molecule has 4 aliphatic heterocycles. The SMILES string of the molecule is O=C1CCC(N2Cc3cccc(CN4C5CCCC4CNCC5)c3C2=O)C(=O)N1. The molecule has 0 saturated carbocycles. The first kappa shape index (κ1) is 18.8. The largest absolute Gasteiger partial charge is 0.322 e. The lowest BCUT2D eigenvalue weighted by atomic mass is 9.93. The monoisotopic (exact) mass is 396 g/mol. The van der Waals surface area contributed by atoms with Gasteiger partial charge in [-0.15, -0.1) is 0 Å². The molecule has 3 amide bonds. The molecule has 3 unspecified atom stereocenters. The quantitative estimate of drug-likeness (QED) is 0.750. The maximum atomic E-state index is 13.3. The molecule has 2 bridgehead atoms. The van der Waals surface area contributed by atoms with Gasteiger partial charge in [-0.3, -0.25) is 24.6 Å². The van der Waals surface area contributed by atoms with E-state index in [-0.39, 0.29) is 24.1 Å². The van der Waals surface area contributed by atoms with E-state index in [1.54, 1.807) is 4.90 Å². The van der Waals surface area contributed by atoms with E-state index >= 15 is 0 Å². The van der Waals surface area contributed by atoms with E-state index < -0.39 is 6.04 Å². The highest BCUT2D eigenvalue weighted by atomic mass is 16.2. The molecule has 29 heavy (non-hydrogen) atoms. The van der Waals surface area contributed by atoms with Crippen molar-refractivity contribution < 1.29 is 14.4 Å². The van der Waals surface area contributed by atoms with E-state index in [1.807, 2.05) is 12.1 Å². The van der Waals surface area contributed by atoms with Gasteiger partial charge in [0.25, 0.3) is 5.91 Å². The Balaban J connectivity index is 1.40. The number of nitrogens with zero attached hydrogens (tertiary/aromatic N) is 2. The summed E-state index contributed by atoms with van der Waals surface area (Å²) in [4.78, 5) is 41.4.